The SMILES string of the molecule is COc1cccc([C@@H]2NC(=S)NC(C)=C2C(=O)Nc2ccc(C)cc2)c1OC. The number of thiocarbonyl (C=S) groups is 1. The zero-order chi connectivity index (χ0) is 20.3. The van der Waals surface area contributed by atoms with Gasteiger partial charge in [0.2, 0.25) is 0 Å². The second-order valence-electron chi connectivity index (χ2n) is 6.47. The van der Waals surface area contributed by atoms with Gasteiger partial charge in [-0.05, 0) is 44.3 Å². The molecule has 146 valence electrons. The zero-order valence-electron chi connectivity index (χ0n) is 16.3. The summed E-state index contributed by atoms with van der Waals surface area (Å²) in [6.07, 6.45) is 0. The lowest BCUT2D eigenvalue weighted by Gasteiger charge is -2.31. The van der Waals surface area contributed by atoms with Crippen LogP contribution in [-0.2, 0) is 4.79 Å². The second kappa shape index (κ2) is 8.31. The highest BCUT2D eigenvalue weighted by molar-refractivity contribution is 7.80. The molecule has 6 nitrogen and oxygen atoms in total. The lowest BCUT2D eigenvalue weighted by molar-refractivity contribution is -0.113. The summed E-state index contributed by atoms with van der Waals surface area (Å²) < 4.78 is 11.0. The van der Waals surface area contributed by atoms with Gasteiger partial charge in [-0.2, -0.15) is 0 Å². The third-order valence-corrected chi connectivity index (χ3v) is 4.79. The van der Waals surface area contributed by atoms with Crippen LogP contribution in [0.4, 0.5) is 5.69 Å². The molecule has 1 atom stereocenters. The van der Waals surface area contributed by atoms with Crippen molar-refractivity contribution in [3.8, 4) is 11.5 Å². The molecule has 2 aromatic rings. The number of carbonyl (C=O) groups excluding carboxylic acids is 1. The maximum atomic E-state index is 13.1. The number of nitrogens with one attached hydrogen (secondary N) is 3. The van der Waals surface area contributed by atoms with Crippen molar-refractivity contribution < 1.29 is 14.3 Å². The van der Waals surface area contributed by atoms with E-state index >= 15 is 0 Å². The molecule has 3 rings (SSSR count). The Morgan fingerprint density at radius 3 is 2.43 bits per heavy atom. The van der Waals surface area contributed by atoms with Crippen molar-refractivity contribution in [3.05, 3.63) is 64.9 Å². The highest BCUT2D eigenvalue weighted by Gasteiger charge is 2.32. The largest absolute Gasteiger partial charge is 0.493 e. The maximum Gasteiger partial charge on any atom is 0.255 e. The Morgan fingerprint density at radius 1 is 1.07 bits per heavy atom. The minimum absolute atomic E-state index is 0.223. The average molecular weight is 398 g/mol. The van der Waals surface area contributed by atoms with E-state index in [-0.39, 0.29) is 5.91 Å². The molecule has 28 heavy (non-hydrogen) atoms. The number of benzene rings is 2. The molecule has 0 unspecified atom stereocenters. The van der Waals surface area contributed by atoms with Crippen LogP contribution in [0.25, 0.3) is 0 Å². The van der Waals surface area contributed by atoms with Crippen molar-refractivity contribution in [1.29, 1.82) is 0 Å². The summed E-state index contributed by atoms with van der Waals surface area (Å²) in [4.78, 5) is 13.1. The predicted molar refractivity (Wildman–Crippen MR) is 114 cm³/mol. The van der Waals surface area contributed by atoms with E-state index in [1.54, 1.807) is 14.2 Å². The number of amides is 1. The highest BCUT2D eigenvalue weighted by Crippen LogP contribution is 2.39. The fraction of sp³-hybridized carbons (Fsp3) is 0.238. The topological polar surface area (TPSA) is 71.6 Å². The average Bonchev–Trinajstić information content (AvgIpc) is 2.68. The van der Waals surface area contributed by atoms with E-state index in [1.807, 2.05) is 56.3 Å². The summed E-state index contributed by atoms with van der Waals surface area (Å²) in [5.41, 5.74) is 3.82. The van der Waals surface area contributed by atoms with Crippen molar-refractivity contribution >= 4 is 28.9 Å². The first-order chi connectivity index (χ1) is 13.4. The van der Waals surface area contributed by atoms with E-state index in [9.17, 15) is 4.79 Å². The molecule has 1 amide bonds. The van der Waals surface area contributed by atoms with Crippen LogP contribution < -0.4 is 25.4 Å². The van der Waals surface area contributed by atoms with Gasteiger partial charge in [0.15, 0.2) is 16.6 Å². The van der Waals surface area contributed by atoms with Crippen molar-refractivity contribution in [3.63, 3.8) is 0 Å². The van der Waals surface area contributed by atoms with Crippen LogP contribution in [0.15, 0.2) is 53.7 Å². The lowest BCUT2D eigenvalue weighted by Crippen LogP contribution is -2.45. The fourth-order valence-electron chi connectivity index (χ4n) is 3.20. The molecule has 1 aliphatic rings. The summed E-state index contributed by atoms with van der Waals surface area (Å²) in [7, 11) is 3.15. The Kier molecular flexibility index (Phi) is 5.84. The first kappa shape index (κ1) is 19.7. The number of allylic oxidation sites excluding steroid dienone is 1. The highest BCUT2D eigenvalue weighted by atomic mass is 32.1. The zero-order valence-corrected chi connectivity index (χ0v) is 17.1. The first-order valence-electron chi connectivity index (χ1n) is 8.81. The van der Waals surface area contributed by atoms with Crippen LogP contribution in [0.3, 0.4) is 0 Å². The molecule has 3 N–H and O–H groups in total. The maximum absolute atomic E-state index is 13.1. The number of hydrogen-bond acceptors (Lipinski definition) is 4. The minimum atomic E-state index is -0.482. The van der Waals surface area contributed by atoms with E-state index in [2.05, 4.69) is 16.0 Å². The summed E-state index contributed by atoms with van der Waals surface area (Å²) in [5, 5.41) is 9.62. The number of methoxy groups -OCH3 is 2. The number of aryl methyl sites for hydroxylation is 1. The van der Waals surface area contributed by atoms with Gasteiger partial charge in [-0.25, -0.2) is 0 Å². The van der Waals surface area contributed by atoms with Crippen molar-refractivity contribution in [2.45, 2.75) is 19.9 Å². The molecule has 0 saturated carbocycles. The number of ether oxygens (including phenoxy) is 2. The molecule has 0 aromatic heterocycles. The lowest BCUT2D eigenvalue weighted by atomic mass is 9.93. The van der Waals surface area contributed by atoms with Crippen LogP contribution >= 0.6 is 12.2 Å². The van der Waals surface area contributed by atoms with Crippen LogP contribution in [0.2, 0.25) is 0 Å². The molecule has 0 spiro atoms. The molecule has 7 heteroatoms. The number of anilines is 1. The van der Waals surface area contributed by atoms with Crippen LogP contribution in [-0.4, -0.2) is 25.2 Å². The van der Waals surface area contributed by atoms with Crippen molar-refractivity contribution in [2.24, 2.45) is 0 Å². The number of rotatable bonds is 5. The number of hydrogen-bond donors (Lipinski definition) is 3. The predicted octanol–water partition coefficient (Wildman–Crippen LogP) is 3.44. The molecule has 1 aliphatic heterocycles. The standard InChI is InChI=1S/C21H23N3O3S/c1-12-8-10-14(11-9-12)23-20(25)17-13(2)22-21(28)24-18(17)15-6-5-7-16(26-3)19(15)27-4/h5-11,18H,1-4H3,(H,23,25)(H2,22,24,28)/t18-/m0/s1. The molecular formula is C21H23N3O3S. The van der Waals surface area contributed by atoms with E-state index in [0.717, 1.165) is 16.8 Å². The quantitative estimate of drug-likeness (QED) is 0.672. The van der Waals surface area contributed by atoms with E-state index in [4.69, 9.17) is 21.7 Å². The number of carbonyl (C=O) groups is 1. The molecule has 0 aliphatic carbocycles. The van der Waals surface area contributed by atoms with Crippen LogP contribution in [0.5, 0.6) is 11.5 Å². The van der Waals surface area contributed by atoms with Gasteiger partial charge < -0.3 is 25.4 Å². The second-order valence-corrected chi connectivity index (χ2v) is 6.88. The van der Waals surface area contributed by atoms with E-state index < -0.39 is 6.04 Å². The van der Waals surface area contributed by atoms with E-state index in [0.29, 0.717) is 27.9 Å². The fourth-order valence-corrected chi connectivity index (χ4v) is 3.47. The molecule has 0 saturated heterocycles. The smallest absolute Gasteiger partial charge is 0.255 e. The molecular weight excluding hydrogens is 374 g/mol. The Morgan fingerprint density at radius 2 is 1.79 bits per heavy atom. The normalized spacial score (nSPS) is 16.1. The van der Waals surface area contributed by atoms with Gasteiger partial charge in [0.05, 0.1) is 25.8 Å². The van der Waals surface area contributed by atoms with Crippen molar-refractivity contribution in [1.82, 2.24) is 10.6 Å². The number of para-hydroxylation sites is 1. The third kappa shape index (κ3) is 3.94. The summed E-state index contributed by atoms with van der Waals surface area (Å²) in [6.45, 7) is 3.83. The van der Waals surface area contributed by atoms with Crippen LogP contribution in [0, 0.1) is 6.92 Å². The van der Waals surface area contributed by atoms with Crippen molar-refractivity contribution in [2.75, 3.05) is 19.5 Å². The van der Waals surface area contributed by atoms with Gasteiger partial charge in [0.1, 0.15) is 0 Å². The minimum Gasteiger partial charge on any atom is -0.493 e. The van der Waals surface area contributed by atoms with E-state index in [1.165, 1.54) is 0 Å². The Balaban J connectivity index is 2.02. The Hall–Kier alpha value is -3.06. The van der Waals surface area contributed by atoms with Gasteiger partial charge in [-0.3, -0.25) is 4.79 Å². The Labute approximate surface area is 169 Å². The molecule has 0 radical (unpaired) electrons. The van der Waals surface area contributed by atoms with Gasteiger partial charge in [0, 0.05) is 16.9 Å². The molecule has 0 bridgehead atoms. The Bertz CT molecular complexity index is 938. The summed E-state index contributed by atoms with van der Waals surface area (Å²) >= 11 is 5.32. The van der Waals surface area contributed by atoms with Gasteiger partial charge in [-0.15, -0.1) is 0 Å². The van der Waals surface area contributed by atoms with Gasteiger partial charge in [0.25, 0.3) is 5.91 Å². The first-order valence-corrected chi connectivity index (χ1v) is 9.22. The molecule has 0 fully saturated rings. The molecule has 2 aromatic carbocycles. The third-order valence-electron chi connectivity index (χ3n) is 4.57. The molecule has 1 heterocycles. The van der Waals surface area contributed by atoms with Crippen LogP contribution in [0.1, 0.15) is 24.1 Å². The van der Waals surface area contributed by atoms with Gasteiger partial charge >= 0.3 is 0 Å². The monoisotopic (exact) mass is 397 g/mol. The summed E-state index contributed by atoms with van der Waals surface area (Å²) in [5.74, 6) is 0.918. The summed E-state index contributed by atoms with van der Waals surface area (Å²) in [6, 6.07) is 12.7. The van der Waals surface area contributed by atoms with Gasteiger partial charge in [-0.1, -0.05) is 29.8 Å².